The summed E-state index contributed by atoms with van der Waals surface area (Å²) in [6.07, 6.45) is 9.00. The lowest BCUT2D eigenvalue weighted by Crippen LogP contribution is -2.14. The van der Waals surface area contributed by atoms with Gasteiger partial charge >= 0.3 is 0 Å². The molecule has 0 aromatic heterocycles. The Balaban J connectivity index is 2.29. The molecule has 0 amide bonds. The predicted molar refractivity (Wildman–Crippen MR) is 54.4 cm³/mol. The molecule has 1 aliphatic carbocycles. The SMILES string of the molecule is [B]C1CCCCCC(CN)CC1. The molecule has 0 bridgehead atoms. The largest absolute Gasteiger partial charge is 0.330 e. The van der Waals surface area contributed by atoms with Crippen molar-refractivity contribution in [3.63, 3.8) is 0 Å². The van der Waals surface area contributed by atoms with Crippen molar-refractivity contribution < 1.29 is 0 Å². The van der Waals surface area contributed by atoms with Crippen LogP contribution in [0.5, 0.6) is 0 Å². The Morgan fingerprint density at radius 2 is 1.75 bits per heavy atom. The van der Waals surface area contributed by atoms with Gasteiger partial charge in [-0.25, -0.2) is 0 Å². The van der Waals surface area contributed by atoms with Crippen LogP contribution >= 0.6 is 0 Å². The van der Waals surface area contributed by atoms with E-state index in [0.717, 1.165) is 12.5 Å². The Labute approximate surface area is 77.5 Å². The fraction of sp³-hybridized carbons (Fsp3) is 1.00. The molecule has 1 nitrogen and oxygen atoms in total. The van der Waals surface area contributed by atoms with Gasteiger partial charge in [-0.15, -0.1) is 0 Å². The van der Waals surface area contributed by atoms with E-state index in [9.17, 15) is 0 Å². The first-order valence-corrected chi connectivity index (χ1v) is 5.28. The smallest absolute Gasteiger partial charge is 0.0699 e. The van der Waals surface area contributed by atoms with Crippen LogP contribution in [0.3, 0.4) is 0 Å². The predicted octanol–water partition coefficient (Wildman–Crippen LogP) is 2.26. The second-order valence-electron chi connectivity index (χ2n) is 4.08. The second-order valence-corrected chi connectivity index (χ2v) is 4.08. The summed E-state index contributed by atoms with van der Waals surface area (Å²) >= 11 is 0. The Morgan fingerprint density at radius 1 is 1.00 bits per heavy atom. The average Bonchev–Trinajstić information content (AvgIpc) is 2.17. The average molecular weight is 165 g/mol. The van der Waals surface area contributed by atoms with Crippen molar-refractivity contribution in [1.82, 2.24) is 0 Å². The van der Waals surface area contributed by atoms with Crippen LogP contribution < -0.4 is 5.73 Å². The molecular weight excluding hydrogens is 145 g/mol. The monoisotopic (exact) mass is 165 g/mol. The van der Waals surface area contributed by atoms with Crippen LogP contribution in [-0.2, 0) is 0 Å². The molecule has 0 spiro atoms. The van der Waals surface area contributed by atoms with Gasteiger partial charge in [0.1, 0.15) is 0 Å². The molecule has 0 aliphatic heterocycles. The molecule has 1 saturated carbocycles. The van der Waals surface area contributed by atoms with E-state index in [1.807, 2.05) is 0 Å². The van der Waals surface area contributed by atoms with Crippen molar-refractivity contribution in [2.75, 3.05) is 6.54 Å². The quantitative estimate of drug-likeness (QED) is 0.592. The van der Waals surface area contributed by atoms with E-state index in [1.165, 1.54) is 44.9 Å². The zero-order chi connectivity index (χ0) is 8.81. The van der Waals surface area contributed by atoms with E-state index < -0.39 is 0 Å². The van der Waals surface area contributed by atoms with Crippen LogP contribution in [0, 0.1) is 5.92 Å². The van der Waals surface area contributed by atoms with Gasteiger partial charge in [0.15, 0.2) is 0 Å². The molecule has 68 valence electrons. The third-order valence-corrected chi connectivity index (χ3v) is 2.97. The van der Waals surface area contributed by atoms with Gasteiger partial charge in [-0.1, -0.05) is 37.9 Å². The Bertz CT molecular complexity index is 116. The molecule has 0 heterocycles. The van der Waals surface area contributed by atoms with Gasteiger partial charge < -0.3 is 5.73 Å². The highest BCUT2D eigenvalue weighted by atomic mass is 14.5. The molecule has 1 aliphatic rings. The summed E-state index contributed by atoms with van der Waals surface area (Å²) in [5, 5.41) is 0. The standard InChI is InChI=1S/C10H20BN/c11-10-5-3-1-2-4-9(8-12)6-7-10/h9-10H,1-8,12H2. The summed E-state index contributed by atoms with van der Waals surface area (Å²) in [6.45, 7) is 0.854. The van der Waals surface area contributed by atoms with E-state index in [1.54, 1.807) is 0 Å². The summed E-state index contributed by atoms with van der Waals surface area (Å²) in [6, 6.07) is 0. The van der Waals surface area contributed by atoms with Gasteiger partial charge in [0.2, 0.25) is 0 Å². The Kier molecular flexibility index (Phi) is 4.74. The number of rotatable bonds is 1. The molecule has 2 atom stereocenters. The van der Waals surface area contributed by atoms with Crippen molar-refractivity contribution in [3.05, 3.63) is 0 Å². The molecule has 12 heavy (non-hydrogen) atoms. The number of hydrogen-bond acceptors (Lipinski definition) is 1. The molecule has 2 heteroatoms. The maximum Gasteiger partial charge on any atom is 0.0699 e. The van der Waals surface area contributed by atoms with E-state index in [2.05, 4.69) is 0 Å². The maximum atomic E-state index is 5.95. The summed E-state index contributed by atoms with van der Waals surface area (Å²) in [5.74, 6) is 1.19. The third-order valence-electron chi connectivity index (χ3n) is 2.97. The van der Waals surface area contributed by atoms with Gasteiger partial charge in [-0.05, 0) is 25.3 Å². The van der Waals surface area contributed by atoms with Gasteiger partial charge in [0, 0.05) is 0 Å². The molecule has 0 saturated heterocycles. The first-order valence-electron chi connectivity index (χ1n) is 5.28. The van der Waals surface area contributed by atoms with E-state index in [4.69, 9.17) is 13.6 Å². The first kappa shape index (κ1) is 10.1. The summed E-state index contributed by atoms with van der Waals surface area (Å²) in [4.78, 5) is 0. The highest BCUT2D eigenvalue weighted by Crippen LogP contribution is 2.26. The minimum atomic E-state index is 0.442. The van der Waals surface area contributed by atoms with Crippen molar-refractivity contribution in [2.24, 2.45) is 11.7 Å². The summed E-state index contributed by atoms with van der Waals surface area (Å²) in [7, 11) is 5.95. The van der Waals surface area contributed by atoms with Crippen LogP contribution in [0.2, 0.25) is 5.82 Å². The normalized spacial score (nSPS) is 33.4. The summed E-state index contributed by atoms with van der Waals surface area (Å²) < 4.78 is 0. The van der Waals surface area contributed by atoms with Gasteiger partial charge in [-0.2, -0.15) is 0 Å². The second kappa shape index (κ2) is 5.63. The number of hydrogen-bond donors (Lipinski definition) is 1. The highest BCUT2D eigenvalue weighted by molar-refractivity contribution is 6.11. The maximum absolute atomic E-state index is 5.95. The fourth-order valence-electron chi connectivity index (χ4n) is 1.99. The fourth-order valence-corrected chi connectivity index (χ4v) is 1.99. The van der Waals surface area contributed by atoms with E-state index in [-0.39, 0.29) is 0 Å². The third kappa shape index (κ3) is 3.62. The van der Waals surface area contributed by atoms with E-state index >= 15 is 0 Å². The lowest BCUT2D eigenvalue weighted by atomic mass is 9.79. The first-order chi connectivity index (χ1) is 5.83. The molecule has 1 rings (SSSR count). The zero-order valence-electron chi connectivity index (χ0n) is 7.97. The van der Waals surface area contributed by atoms with Gasteiger partial charge in [0.05, 0.1) is 7.85 Å². The minimum Gasteiger partial charge on any atom is -0.330 e. The van der Waals surface area contributed by atoms with Crippen LogP contribution in [-0.4, -0.2) is 14.4 Å². The lowest BCUT2D eigenvalue weighted by Gasteiger charge is -2.14. The Hall–Kier alpha value is 0.0249. The van der Waals surface area contributed by atoms with Crippen LogP contribution in [0.25, 0.3) is 0 Å². The molecule has 2 N–H and O–H groups in total. The van der Waals surface area contributed by atoms with Crippen molar-refractivity contribution in [3.8, 4) is 0 Å². The van der Waals surface area contributed by atoms with Crippen LogP contribution in [0.15, 0.2) is 0 Å². The molecular formula is C10H20BN. The molecule has 2 unspecified atom stereocenters. The van der Waals surface area contributed by atoms with E-state index in [0.29, 0.717) is 5.82 Å². The van der Waals surface area contributed by atoms with Crippen LogP contribution in [0.1, 0.15) is 44.9 Å². The number of nitrogens with two attached hydrogens (primary N) is 1. The lowest BCUT2D eigenvalue weighted by molar-refractivity contribution is 0.437. The van der Waals surface area contributed by atoms with Crippen molar-refractivity contribution in [1.29, 1.82) is 0 Å². The van der Waals surface area contributed by atoms with Gasteiger partial charge in [-0.3, -0.25) is 0 Å². The molecule has 2 radical (unpaired) electrons. The van der Waals surface area contributed by atoms with Crippen molar-refractivity contribution >= 4 is 7.85 Å². The Morgan fingerprint density at radius 3 is 2.50 bits per heavy atom. The van der Waals surface area contributed by atoms with Crippen molar-refractivity contribution in [2.45, 2.75) is 50.8 Å². The molecule has 0 aromatic carbocycles. The minimum absolute atomic E-state index is 0.442. The highest BCUT2D eigenvalue weighted by Gasteiger charge is 2.11. The molecule has 1 fully saturated rings. The topological polar surface area (TPSA) is 26.0 Å². The zero-order valence-corrected chi connectivity index (χ0v) is 7.97. The van der Waals surface area contributed by atoms with Crippen LogP contribution in [0.4, 0.5) is 0 Å². The summed E-state index contributed by atoms with van der Waals surface area (Å²) in [5.41, 5.74) is 5.68. The molecule has 0 aromatic rings. The van der Waals surface area contributed by atoms with Gasteiger partial charge in [0.25, 0.3) is 0 Å².